The van der Waals surface area contributed by atoms with E-state index in [1.165, 1.54) is 24.3 Å². The normalized spacial score (nSPS) is 20.7. The lowest BCUT2D eigenvalue weighted by atomic mass is 10.2. The smallest absolute Gasteiger partial charge is 0.307 e. The number of carbonyl (C=O) groups excluding carboxylic acids is 1. The first-order valence-electron chi connectivity index (χ1n) is 6.87. The minimum atomic E-state index is -3.57. The van der Waals surface area contributed by atoms with E-state index >= 15 is 0 Å². The maximum absolute atomic E-state index is 11.9. The van der Waals surface area contributed by atoms with Crippen molar-refractivity contribution in [1.82, 2.24) is 4.72 Å². The highest BCUT2D eigenvalue weighted by molar-refractivity contribution is 7.89. The van der Waals surface area contributed by atoms with Crippen LogP contribution in [0.2, 0.25) is 0 Å². The molecule has 1 saturated carbocycles. The van der Waals surface area contributed by atoms with Gasteiger partial charge in [-0.2, -0.15) is 0 Å². The van der Waals surface area contributed by atoms with Gasteiger partial charge in [-0.25, -0.2) is 13.1 Å². The Kier molecular flexibility index (Phi) is 4.52. The molecule has 22 heavy (non-hydrogen) atoms. The van der Waals surface area contributed by atoms with E-state index < -0.39 is 27.8 Å². The predicted molar refractivity (Wildman–Crippen MR) is 79.8 cm³/mol. The SMILES string of the molecule is CC(C)NS(=O)(=O)c1ccc(NC(=O)C2CC2C(=O)O)cc1. The molecule has 120 valence electrons. The van der Waals surface area contributed by atoms with Crippen molar-refractivity contribution in [3.05, 3.63) is 24.3 Å². The first kappa shape index (κ1) is 16.4. The van der Waals surface area contributed by atoms with Crippen LogP contribution < -0.4 is 10.0 Å². The lowest BCUT2D eigenvalue weighted by Gasteiger charge is -2.10. The molecule has 1 aromatic rings. The number of aliphatic carboxylic acids is 1. The molecule has 1 aromatic carbocycles. The number of carboxylic acid groups (broad SMARTS) is 1. The molecule has 8 heteroatoms. The molecule has 1 amide bonds. The van der Waals surface area contributed by atoms with Crippen molar-refractivity contribution in [2.75, 3.05) is 5.32 Å². The van der Waals surface area contributed by atoms with E-state index in [2.05, 4.69) is 10.0 Å². The van der Waals surface area contributed by atoms with Gasteiger partial charge in [0, 0.05) is 11.7 Å². The Morgan fingerprint density at radius 2 is 1.77 bits per heavy atom. The van der Waals surface area contributed by atoms with Gasteiger partial charge in [0.05, 0.1) is 16.7 Å². The van der Waals surface area contributed by atoms with Crippen LogP contribution in [-0.4, -0.2) is 31.4 Å². The summed E-state index contributed by atoms with van der Waals surface area (Å²) in [5, 5.41) is 11.4. The van der Waals surface area contributed by atoms with Crippen molar-refractivity contribution < 1.29 is 23.1 Å². The number of anilines is 1. The van der Waals surface area contributed by atoms with Gasteiger partial charge >= 0.3 is 5.97 Å². The highest BCUT2D eigenvalue weighted by atomic mass is 32.2. The van der Waals surface area contributed by atoms with Crippen molar-refractivity contribution >= 4 is 27.6 Å². The number of sulfonamides is 1. The van der Waals surface area contributed by atoms with Crippen LogP contribution in [0.15, 0.2) is 29.2 Å². The third kappa shape index (κ3) is 3.83. The number of hydrogen-bond acceptors (Lipinski definition) is 4. The lowest BCUT2D eigenvalue weighted by Crippen LogP contribution is -2.30. The number of hydrogen-bond donors (Lipinski definition) is 3. The summed E-state index contributed by atoms with van der Waals surface area (Å²) >= 11 is 0. The number of nitrogens with one attached hydrogen (secondary N) is 2. The average Bonchev–Trinajstić information content (AvgIpc) is 3.18. The molecule has 0 spiro atoms. The Hall–Kier alpha value is -1.93. The molecule has 0 aliphatic heterocycles. The molecule has 1 aliphatic rings. The second-order valence-electron chi connectivity index (χ2n) is 5.58. The summed E-state index contributed by atoms with van der Waals surface area (Å²) in [6, 6.07) is 5.52. The Morgan fingerprint density at radius 1 is 1.18 bits per heavy atom. The van der Waals surface area contributed by atoms with Crippen LogP contribution in [0.5, 0.6) is 0 Å². The van der Waals surface area contributed by atoms with Crippen molar-refractivity contribution in [1.29, 1.82) is 0 Å². The van der Waals surface area contributed by atoms with Gasteiger partial charge < -0.3 is 10.4 Å². The number of amides is 1. The second kappa shape index (κ2) is 6.05. The van der Waals surface area contributed by atoms with Crippen LogP contribution in [-0.2, 0) is 19.6 Å². The molecule has 0 heterocycles. The van der Waals surface area contributed by atoms with E-state index in [0.29, 0.717) is 12.1 Å². The molecule has 2 unspecified atom stereocenters. The largest absolute Gasteiger partial charge is 0.481 e. The molecule has 0 radical (unpaired) electrons. The molecule has 0 saturated heterocycles. The molecule has 2 atom stereocenters. The fourth-order valence-electron chi connectivity index (χ4n) is 2.09. The molecule has 7 nitrogen and oxygen atoms in total. The minimum absolute atomic E-state index is 0.106. The zero-order chi connectivity index (χ0) is 16.5. The van der Waals surface area contributed by atoms with E-state index in [1.54, 1.807) is 13.8 Å². The van der Waals surface area contributed by atoms with Crippen LogP contribution >= 0.6 is 0 Å². The summed E-state index contributed by atoms with van der Waals surface area (Å²) in [6.07, 6.45) is 0.339. The first-order chi connectivity index (χ1) is 10.2. The van der Waals surface area contributed by atoms with Crippen LogP contribution in [0, 0.1) is 11.8 Å². The second-order valence-corrected chi connectivity index (χ2v) is 7.29. The number of rotatable bonds is 6. The summed E-state index contributed by atoms with van der Waals surface area (Å²) in [7, 11) is -3.57. The third-order valence-electron chi connectivity index (χ3n) is 3.27. The number of carbonyl (C=O) groups is 2. The first-order valence-corrected chi connectivity index (χ1v) is 8.35. The molecule has 0 bridgehead atoms. The Bertz CT molecular complexity index is 682. The Balaban J connectivity index is 2.01. The Morgan fingerprint density at radius 3 is 2.23 bits per heavy atom. The monoisotopic (exact) mass is 326 g/mol. The van der Waals surface area contributed by atoms with Crippen molar-refractivity contribution in [2.24, 2.45) is 11.8 Å². The topological polar surface area (TPSA) is 113 Å². The van der Waals surface area contributed by atoms with Crippen LogP contribution in [0.3, 0.4) is 0 Å². The van der Waals surface area contributed by atoms with E-state index in [1.807, 2.05) is 0 Å². The lowest BCUT2D eigenvalue weighted by molar-refractivity contribution is -0.139. The molecule has 0 aromatic heterocycles. The predicted octanol–water partition coefficient (Wildman–Crippen LogP) is 1.03. The van der Waals surface area contributed by atoms with Gasteiger partial charge in [-0.15, -0.1) is 0 Å². The summed E-state index contributed by atoms with van der Waals surface area (Å²) < 4.78 is 26.4. The fourth-order valence-corrected chi connectivity index (χ4v) is 3.34. The van der Waals surface area contributed by atoms with E-state index in [-0.39, 0.29) is 16.8 Å². The van der Waals surface area contributed by atoms with Gasteiger partial charge in [-0.3, -0.25) is 9.59 Å². The molecule has 3 N–H and O–H groups in total. The maximum atomic E-state index is 11.9. The maximum Gasteiger partial charge on any atom is 0.307 e. The third-order valence-corrected chi connectivity index (χ3v) is 4.94. The fraction of sp³-hybridized carbons (Fsp3) is 0.429. The highest BCUT2D eigenvalue weighted by Crippen LogP contribution is 2.39. The standard InChI is InChI=1S/C14H18N2O5S/c1-8(2)16-22(20,21)10-5-3-9(4-6-10)15-13(17)11-7-12(11)14(18)19/h3-6,8,11-12,16H,7H2,1-2H3,(H,15,17)(H,18,19). The summed E-state index contributed by atoms with van der Waals surface area (Å²) in [6.45, 7) is 3.45. The molecule has 2 rings (SSSR count). The molecular formula is C14H18N2O5S. The summed E-state index contributed by atoms with van der Waals surface area (Å²) in [5.41, 5.74) is 0.435. The Labute approximate surface area is 128 Å². The molecule has 1 aliphatic carbocycles. The van der Waals surface area contributed by atoms with E-state index in [9.17, 15) is 18.0 Å². The molecular weight excluding hydrogens is 308 g/mol. The highest BCUT2D eigenvalue weighted by Gasteiger charge is 2.48. The summed E-state index contributed by atoms with van der Waals surface area (Å²) in [4.78, 5) is 22.6. The van der Waals surface area contributed by atoms with Crippen LogP contribution in [0.4, 0.5) is 5.69 Å². The van der Waals surface area contributed by atoms with Crippen molar-refractivity contribution in [2.45, 2.75) is 31.2 Å². The van der Waals surface area contributed by atoms with Gasteiger partial charge in [-0.05, 0) is 44.5 Å². The zero-order valence-corrected chi connectivity index (χ0v) is 13.1. The molecule has 1 fully saturated rings. The number of carboxylic acids is 1. The van der Waals surface area contributed by atoms with Gasteiger partial charge in [0.25, 0.3) is 0 Å². The van der Waals surface area contributed by atoms with Gasteiger partial charge in [0.2, 0.25) is 15.9 Å². The van der Waals surface area contributed by atoms with E-state index in [0.717, 1.165) is 0 Å². The quantitative estimate of drug-likeness (QED) is 0.723. The summed E-state index contributed by atoms with van der Waals surface area (Å²) in [5.74, 6) is -2.46. The van der Waals surface area contributed by atoms with Crippen molar-refractivity contribution in [3.8, 4) is 0 Å². The van der Waals surface area contributed by atoms with Crippen LogP contribution in [0.1, 0.15) is 20.3 Å². The average molecular weight is 326 g/mol. The van der Waals surface area contributed by atoms with Crippen LogP contribution in [0.25, 0.3) is 0 Å². The number of benzene rings is 1. The van der Waals surface area contributed by atoms with Gasteiger partial charge in [0.15, 0.2) is 0 Å². The van der Waals surface area contributed by atoms with E-state index in [4.69, 9.17) is 5.11 Å². The zero-order valence-electron chi connectivity index (χ0n) is 12.2. The van der Waals surface area contributed by atoms with Gasteiger partial charge in [0.1, 0.15) is 0 Å². The van der Waals surface area contributed by atoms with Crippen molar-refractivity contribution in [3.63, 3.8) is 0 Å². The minimum Gasteiger partial charge on any atom is -0.481 e. The van der Waals surface area contributed by atoms with Gasteiger partial charge in [-0.1, -0.05) is 0 Å².